The normalized spacial score (nSPS) is 24.9. The highest BCUT2D eigenvalue weighted by molar-refractivity contribution is 5.45. The molecule has 1 unspecified atom stereocenters. The Kier molecular flexibility index (Phi) is 5.97. The van der Waals surface area contributed by atoms with E-state index < -0.39 is 5.60 Å². The van der Waals surface area contributed by atoms with Gasteiger partial charge in [0, 0.05) is 30.9 Å². The van der Waals surface area contributed by atoms with Crippen LogP contribution in [0.25, 0.3) is 0 Å². The minimum Gasteiger partial charge on any atom is -0.395 e. The molecule has 1 aromatic heterocycles. The van der Waals surface area contributed by atoms with Crippen LogP contribution in [-0.2, 0) is 6.42 Å². The van der Waals surface area contributed by atoms with Gasteiger partial charge in [-0.25, -0.2) is 4.98 Å². The smallest absolute Gasteiger partial charge is 0.141 e. The number of rotatable bonds is 3. The Bertz CT molecular complexity index is 973. The van der Waals surface area contributed by atoms with Gasteiger partial charge in [-0.3, -0.25) is 4.90 Å². The predicted molar refractivity (Wildman–Crippen MR) is 113 cm³/mol. The van der Waals surface area contributed by atoms with Gasteiger partial charge in [0.25, 0.3) is 0 Å². The molecule has 4 heteroatoms. The summed E-state index contributed by atoms with van der Waals surface area (Å²) in [4.78, 5) is 7.03. The lowest BCUT2D eigenvalue weighted by Crippen LogP contribution is -2.58. The van der Waals surface area contributed by atoms with Gasteiger partial charge in [-0.1, -0.05) is 48.1 Å². The van der Waals surface area contributed by atoms with E-state index >= 15 is 0 Å². The van der Waals surface area contributed by atoms with E-state index in [0.29, 0.717) is 25.1 Å². The third-order valence-corrected chi connectivity index (χ3v) is 5.78. The van der Waals surface area contributed by atoms with Crippen LogP contribution in [0.2, 0.25) is 0 Å². The number of nitrogens with zero attached hydrogens (tertiary/aromatic N) is 2. The van der Waals surface area contributed by atoms with Gasteiger partial charge in [-0.2, -0.15) is 0 Å². The first-order valence-corrected chi connectivity index (χ1v) is 10.3. The number of benzene rings is 1. The Morgan fingerprint density at radius 1 is 1.07 bits per heavy atom. The Labute approximate surface area is 172 Å². The SMILES string of the molecule is OCCC#Cc1ccc(C#CC2(O)CN3CCC2CC3)c(Cc2ccccc2)n1. The molecule has 0 saturated carbocycles. The number of aliphatic hydroxyl groups excluding tert-OH is 1. The van der Waals surface area contributed by atoms with Gasteiger partial charge in [0.2, 0.25) is 0 Å². The largest absolute Gasteiger partial charge is 0.395 e. The third-order valence-electron chi connectivity index (χ3n) is 5.78. The van der Waals surface area contributed by atoms with Crippen LogP contribution in [0.5, 0.6) is 0 Å². The average Bonchev–Trinajstić information content (AvgIpc) is 2.75. The number of hydrogen-bond donors (Lipinski definition) is 2. The minimum absolute atomic E-state index is 0.0458. The molecule has 3 saturated heterocycles. The Morgan fingerprint density at radius 2 is 1.86 bits per heavy atom. The van der Waals surface area contributed by atoms with E-state index in [-0.39, 0.29) is 12.5 Å². The molecule has 5 rings (SSSR count). The van der Waals surface area contributed by atoms with Crippen LogP contribution < -0.4 is 0 Å². The highest BCUT2D eigenvalue weighted by atomic mass is 16.3. The quantitative estimate of drug-likeness (QED) is 0.795. The van der Waals surface area contributed by atoms with Crippen molar-refractivity contribution >= 4 is 0 Å². The van der Waals surface area contributed by atoms with Crippen molar-refractivity contribution in [3.05, 3.63) is 65.0 Å². The predicted octanol–water partition coefficient (Wildman–Crippen LogP) is 2.21. The first-order chi connectivity index (χ1) is 14.2. The van der Waals surface area contributed by atoms with E-state index in [1.54, 1.807) is 0 Å². The summed E-state index contributed by atoms with van der Waals surface area (Å²) in [5, 5.41) is 20.1. The molecule has 3 aliphatic heterocycles. The Balaban J connectivity index is 1.65. The topological polar surface area (TPSA) is 56.6 Å². The molecule has 0 amide bonds. The van der Waals surface area contributed by atoms with Crippen LogP contribution >= 0.6 is 0 Å². The highest BCUT2D eigenvalue weighted by Crippen LogP contribution is 2.35. The second kappa shape index (κ2) is 8.80. The van der Waals surface area contributed by atoms with Crippen molar-refractivity contribution in [3.63, 3.8) is 0 Å². The lowest BCUT2D eigenvalue weighted by Gasteiger charge is -2.47. The van der Waals surface area contributed by atoms with Crippen molar-refractivity contribution in [3.8, 4) is 23.7 Å². The van der Waals surface area contributed by atoms with Crippen LogP contribution in [-0.4, -0.2) is 51.9 Å². The fraction of sp³-hybridized carbons (Fsp3) is 0.400. The second-order valence-electron chi connectivity index (χ2n) is 7.85. The summed E-state index contributed by atoms with van der Waals surface area (Å²) in [6, 6.07) is 14.0. The second-order valence-corrected chi connectivity index (χ2v) is 7.85. The zero-order chi connectivity index (χ0) is 20.1. The zero-order valence-corrected chi connectivity index (χ0v) is 16.6. The molecule has 3 aliphatic rings. The molecule has 4 nitrogen and oxygen atoms in total. The Hall–Kier alpha value is -2.63. The maximum absolute atomic E-state index is 11.1. The molecule has 2 bridgehead atoms. The summed E-state index contributed by atoms with van der Waals surface area (Å²) in [7, 11) is 0. The monoisotopic (exact) mass is 386 g/mol. The molecule has 3 fully saturated rings. The van der Waals surface area contributed by atoms with Crippen molar-refractivity contribution in [2.24, 2.45) is 5.92 Å². The molecule has 148 valence electrons. The van der Waals surface area contributed by atoms with Crippen molar-refractivity contribution in [1.29, 1.82) is 0 Å². The van der Waals surface area contributed by atoms with Crippen LogP contribution in [0.3, 0.4) is 0 Å². The lowest BCUT2D eigenvalue weighted by molar-refractivity contribution is -0.0713. The molecule has 2 aromatic rings. The Morgan fingerprint density at radius 3 is 2.55 bits per heavy atom. The third kappa shape index (κ3) is 4.69. The maximum Gasteiger partial charge on any atom is 0.141 e. The van der Waals surface area contributed by atoms with Gasteiger partial charge in [-0.05, 0) is 49.5 Å². The summed E-state index contributed by atoms with van der Waals surface area (Å²) in [6.07, 6.45) is 3.12. The molecule has 1 atom stereocenters. The number of piperidine rings is 3. The van der Waals surface area contributed by atoms with Crippen LogP contribution in [0.4, 0.5) is 0 Å². The van der Waals surface area contributed by atoms with Gasteiger partial charge in [-0.15, -0.1) is 0 Å². The van der Waals surface area contributed by atoms with Gasteiger partial charge in [0.05, 0.1) is 12.3 Å². The summed E-state index contributed by atoms with van der Waals surface area (Å²) in [5.41, 5.74) is 2.61. The van der Waals surface area contributed by atoms with Crippen LogP contribution in [0, 0.1) is 29.6 Å². The summed E-state index contributed by atoms with van der Waals surface area (Å²) in [5.74, 6) is 12.6. The number of fused-ring (bicyclic) bond motifs is 3. The fourth-order valence-electron chi connectivity index (χ4n) is 4.17. The first kappa shape index (κ1) is 19.7. The zero-order valence-electron chi connectivity index (χ0n) is 16.6. The number of hydrogen-bond acceptors (Lipinski definition) is 4. The van der Waals surface area contributed by atoms with Crippen molar-refractivity contribution in [1.82, 2.24) is 9.88 Å². The molecule has 0 aliphatic carbocycles. The summed E-state index contributed by atoms with van der Waals surface area (Å²) < 4.78 is 0. The van der Waals surface area contributed by atoms with Crippen LogP contribution in [0.1, 0.15) is 41.8 Å². The number of pyridine rings is 1. The van der Waals surface area contributed by atoms with E-state index in [9.17, 15) is 5.11 Å². The number of aromatic nitrogens is 1. The van der Waals surface area contributed by atoms with E-state index in [2.05, 4.69) is 40.7 Å². The van der Waals surface area contributed by atoms with E-state index in [0.717, 1.165) is 42.8 Å². The van der Waals surface area contributed by atoms with E-state index in [1.165, 1.54) is 0 Å². The van der Waals surface area contributed by atoms with Gasteiger partial charge >= 0.3 is 0 Å². The first-order valence-electron chi connectivity index (χ1n) is 10.3. The van der Waals surface area contributed by atoms with E-state index in [4.69, 9.17) is 10.1 Å². The van der Waals surface area contributed by atoms with Crippen molar-refractivity contribution < 1.29 is 10.2 Å². The molecule has 4 heterocycles. The minimum atomic E-state index is -0.930. The van der Waals surface area contributed by atoms with Gasteiger partial charge in [0.15, 0.2) is 0 Å². The molecule has 0 radical (unpaired) electrons. The molecule has 2 N–H and O–H groups in total. The maximum atomic E-state index is 11.1. The summed E-state index contributed by atoms with van der Waals surface area (Å²) >= 11 is 0. The molecule has 1 aromatic carbocycles. The fourth-order valence-corrected chi connectivity index (χ4v) is 4.17. The van der Waals surface area contributed by atoms with Crippen molar-refractivity contribution in [2.45, 2.75) is 31.3 Å². The molecular formula is C25H26N2O2. The van der Waals surface area contributed by atoms with E-state index in [1.807, 2.05) is 30.3 Å². The van der Waals surface area contributed by atoms with Crippen LogP contribution in [0.15, 0.2) is 42.5 Å². The summed E-state index contributed by atoms with van der Waals surface area (Å²) in [6.45, 7) is 2.81. The number of aliphatic hydroxyl groups is 2. The van der Waals surface area contributed by atoms with Gasteiger partial charge in [0.1, 0.15) is 11.3 Å². The average molecular weight is 386 g/mol. The molecule has 0 spiro atoms. The standard InChI is InChI=1S/C25H26N2O2/c28-17-5-4-8-23-10-9-21(24(26-23)18-20-6-2-1-3-7-20)11-14-25(29)19-27-15-12-22(25)13-16-27/h1-3,6-7,9-10,22,28-29H,5,12-13,15-19H2. The molecular weight excluding hydrogens is 360 g/mol. The lowest BCUT2D eigenvalue weighted by atomic mass is 9.75. The molecule has 29 heavy (non-hydrogen) atoms. The highest BCUT2D eigenvalue weighted by Gasteiger charge is 2.44. The van der Waals surface area contributed by atoms with Crippen molar-refractivity contribution in [2.75, 3.05) is 26.2 Å². The van der Waals surface area contributed by atoms with Gasteiger partial charge < -0.3 is 10.2 Å².